The minimum atomic E-state index is -4.74. The summed E-state index contributed by atoms with van der Waals surface area (Å²) in [6, 6.07) is 0. The zero-order chi connectivity index (χ0) is 33.3. The second kappa shape index (κ2) is 33.0. The number of ether oxygens (including phenoxy) is 2. The van der Waals surface area contributed by atoms with Crippen LogP contribution in [0.4, 0.5) is 0 Å². The fraction of sp³-hybridized carbons (Fsp3) is 0.944. The molecule has 0 aliphatic carbocycles. The van der Waals surface area contributed by atoms with Crippen LogP contribution in [-0.2, 0) is 28.2 Å². The second-order valence-electron chi connectivity index (χ2n) is 12.9. The SMILES string of the molecule is CCCCCCCCCCCCCCCCCCCCC(=O)OC[C@H](COP(=O)(O)O)OC(=O)CCCCCCCCCCC. The van der Waals surface area contributed by atoms with Crippen molar-refractivity contribution in [1.29, 1.82) is 0 Å². The van der Waals surface area contributed by atoms with Crippen molar-refractivity contribution in [3.05, 3.63) is 0 Å². The maximum Gasteiger partial charge on any atom is 0.469 e. The first kappa shape index (κ1) is 44.0. The third kappa shape index (κ3) is 35.7. The Labute approximate surface area is 276 Å². The van der Waals surface area contributed by atoms with Crippen LogP contribution in [0.15, 0.2) is 0 Å². The lowest BCUT2D eigenvalue weighted by molar-refractivity contribution is -0.161. The molecule has 0 aromatic heterocycles. The molecule has 0 unspecified atom stereocenters. The highest BCUT2D eigenvalue weighted by molar-refractivity contribution is 7.46. The van der Waals surface area contributed by atoms with E-state index in [0.717, 1.165) is 38.5 Å². The summed E-state index contributed by atoms with van der Waals surface area (Å²) in [6.45, 7) is 3.67. The number of phosphoric ester groups is 1. The monoisotopic (exact) mass is 662 g/mol. The number of hydrogen-bond donors (Lipinski definition) is 2. The molecule has 0 saturated carbocycles. The molecule has 45 heavy (non-hydrogen) atoms. The van der Waals surface area contributed by atoms with Crippen LogP contribution in [0, 0.1) is 0 Å². The molecule has 0 fully saturated rings. The lowest BCUT2D eigenvalue weighted by Gasteiger charge is -2.18. The van der Waals surface area contributed by atoms with Crippen molar-refractivity contribution in [2.75, 3.05) is 13.2 Å². The molecule has 0 heterocycles. The van der Waals surface area contributed by atoms with E-state index in [-0.39, 0.29) is 19.4 Å². The largest absolute Gasteiger partial charge is 0.469 e. The first-order valence-electron chi connectivity index (χ1n) is 18.8. The molecule has 0 radical (unpaired) electrons. The fourth-order valence-corrected chi connectivity index (χ4v) is 5.91. The summed E-state index contributed by atoms with van der Waals surface area (Å²) < 4.78 is 26.2. The van der Waals surface area contributed by atoms with Gasteiger partial charge in [0.2, 0.25) is 0 Å². The standard InChI is InChI=1S/C36H71O8P/c1-3-5-7-9-11-13-14-15-16-17-18-19-20-21-23-24-26-28-30-35(37)42-32-34(33-43-45(39,40)41)44-36(38)31-29-27-25-22-12-10-8-6-4-2/h34H,3-33H2,1-2H3,(H2,39,40,41)/t34-/m1/s1. The van der Waals surface area contributed by atoms with E-state index in [1.54, 1.807) is 0 Å². The number of unbranched alkanes of at least 4 members (excludes halogenated alkanes) is 25. The summed E-state index contributed by atoms with van der Waals surface area (Å²) in [7, 11) is -4.74. The Morgan fingerprint density at radius 1 is 0.489 bits per heavy atom. The van der Waals surface area contributed by atoms with Crippen molar-refractivity contribution in [2.45, 2.75) is 206 Å². The lowest BCUT2D eigenvalue weighted by Crippen LogP contribution is -2.29. The molecule has 2 N–H and O–H groups in total. The van der Waals surface area contributed by atoms with E-state index in [0.29, 0.717) is 6.42 Å². The molecule has 9 heteroatoms. The molecule has 0 amide bonds. The van der Waals surface area contributed by atoms with Crippen molar-refractivity contribution < 1.29 is 37.9 Å². The van der Waals surface area contributed by atoms with Crippen molar-refractivity contribution in [3.8, 4) is 0 Å². The number of hydrogen-bond acceptors (Lipinski definition) is 6. The number of phosphoric acid groups is 1. The molecule has 8 nitrogen and oxygen atoms in total. The average molecular weight is 663 g/mol. The van der Waals surface area contributed by atoms with E-state index in [4.69, 9.17) is 19.3 Å². The summed E-state index contributed by atoms with van der Waals surface area (Å²) in [4.78, 5) is 42.5. The van der Waals surface area contributed by atoms with Gasteiger partial charge in [0.15, 0.2) is 6.10 Å². The van der Waals surface area contributed by atoms with Gasteiger partial charge in [-0.05, 0) is 12.8 Å². The van der Waals surface area contributed by atoms with Crippen LogP contribution < -0.4 is 0 Å². The zero-order valence-corrected chi connectivity index (χ0v) is 30.2. The van der Waals surface area contributed by atoms with E-state index in [1.807, 2.05) is 0 Å². The molecule has 0 spiro atoms. The molecule has 268 valence electrons. The third-order valence-corrected chi connectivity index (χ3v) is 8.86. The number of rotatable bonds is 35. The molecule has 1 atom stereocenters. The molecule has 0 aromatic carbocycles. The van der Waals surface area contributed by atoms with E-state index in [1.165, 1.54) is 128 Å². The van der Waals surface area contributed by atoms with Gasteiger partial charge in [0.1, 0.15) is 6.61 Å². The van der Waals surface area contributed by atoms with Crippen LogP contribution in [-0.4, -0.2) is 41.0 Å². The van der Waals surface area contributed by atoms with Crippen LogP contribution in [0.25, 0.3) is 0 Å². The minimum absolute atomic E-state index is 0.218. The van der Waals surface area contributed by atoms with Gasteiger partial charge in [-0.1, -0.05) is 174 Å². The van der Waals surface area contributed by atoms with Gasteiger partial charge in [-0.2, -0.15) is 0 Å². The van der Waals surface area contributed by atoms with E-state index in [9.17, 15) is 14.2 Å². The van der Waals surface area contributed by atoms with Crippen LogP contribution in [0.3, 0.4) is 0 Å². The second-order valence-corrected chi connectivity index (χ2v) is 14.2. The molecule has 0 aromatic rings. The zero-order valence-electron chi connectivity index (χ0n) is 29.3. The number of carbonyl (C=O) groups excluding carboxylic acids is 2. The Hall–Kier alpha value is -0.950. The van der Waals surface area contributed by atoms with Crippen molar-refractivity contribution >= 4 is 19.8 Å². The third-order valence-electron chi connectivity index (χ3n) is 8.38. The molecule has 0 aliphatic heterocycles. The predicted molar refractivity (Wildman–Crippen MR) is 184 cm³/mol. The summed E-state index contributed by atoms with van der Waals surface area (Å²) in [5.74, 6) is -0.875. The smallest absolute Gasteiger partial charge is 0.462 e. The molecular formula is C36H71O8P. The highest BCUT2D eigenvalue weighted by Gasteiger charge is 2.22. The van der Waals surface area contributed by atoms with Gasteiger partial charge in [0.05, 0.1) is 6.61 Å². The molecule has 0 rings (SSSR count). The van der Waals surface area contributed by atoms with Crippen LogP contribution in [0.5, 0.6) is 0 Å². The first-order valence-corrected chi connectivity index (χ1v) is 20.4. The molecule has 0 aliphatic rings. The van der Waals surface area contributed by atoms with Crippen LogP contribution in [0.1, 0.15) is 200 Å². The number of esters is 2. The van der Waals surface area contributed by atoms with Gasteiger partial charge >= 0.3 is 19.8 Å². The fourth-order valence-electron chi connectivity index (χ4n) is 5.55. The van der Waals surface area contributed by atoms with Crippen molar-refractivity contribution in [3.63, 3.8) is 0 Å². The summed E-state index contributed by atoms with van der Waals surface area (Å²) in [5, 5.41) is 0. The minimum Gasteiger partial charge on any atom is -0.462 e. The Balaban J connectivity index is 3.84. The maximum atomic E-state index is 12.3. The topological polar surface area (TPSA) is 119 Å². The summed E-state index contributed by atoms with van der Waals surface area (Å²) >= 11 is 0. The van der Waals surface area contributed by atoms with Crippen LogP contribution >= 0.6 is 7.82 Å². The van der Waals surface area contributed by atoms with Gasteiger partial charge in [-0.15, -0.1) is 0 Å². The van der Waals surface area contributed by atoms with Crippen LogP contribution in [0.2, 0.25) is 0 Å². The Kier molecular flexibility index (Phi) is 32.3. The Morgan fingerprint density at radius 3 is 1.13 bits per heavy atom. The molecule has 0 bridgehead atoms. The normalized spacial score (nSPS) is 12.4. The first-order chi connectivity index (χ1) is 21.8. The van der Waals surface area contributed by atoms with E-state index in [2.05, 4.69) is 18.4 Å². The number of carbonyl (C=O) groups is 2. The van der Waals surface area contributed by atoms with Gasteiger partial charge in [0.25, 0.3) is 0 Å². The predicted octanol–water partition coefficient (Wildman–Crippen LogP) is 10.9. The summed E-state index contributed by atoms with van der Waals surface area (Å²) in [6.07, 6.45) is 32.6. The van der Waals surface area contributed by atoms with Gasteiger partial charge in [0, 0.05) is 12.8 Å². The van der Waals surface area contributed by atoms with Gasteiger partial charge in [-0.25, -0.2) is 4.57 Å². The quantitative estimate of drug-likeness (QED) is 0.0391. The lowest BCUT2D eigenvalue weighted by atomic mass is 10.0. The Morgan fingerprint density at radius 2 is 0.800 bits per heavy atom. The average Bonchev–Trinajstić information content (AvgIpc) is 3.00. The molecule has 0 saturated heterocycles. The highest BCUT2D eigenvalue weighted by atomic mass is 31.2. The van der Waals surface area contributed by atoms with E-state index >= 15 is 0 Å². The molecular weight excluding hydrogens is 591 g/mol. The van der Waals surface area contributed by atoms with Crippen molar-refractivity contribution in [1.82, 2.24) is 0 Å². The maximum absolute atomic E-state index is 12.3. The van der Waals surface area contributed by atoms with Gasteiger partial charge in [-0.3, -0.25) is 14.1 Å². The van der Waals surface area contributed by atoms with Gasteiger partial charge < -0.3 is 19.3 Å². The van der Waals surface area contributed by atoms with Crippen molar-refractivity contribution in [2.24, 2.45) is 0 Å². The van der Waals surface area contributed by atoms with E-state index < -0.39 is 32.5 Å². The summed E-state index contributed by atoms with van der Waals surface area (Å²) in [5.41, 5.74) is 0. The Bertz CT molecular complexity index is 711. The highest BCUT2D eigenvalue weighted by Crippen LogP contribution is 2.36.